The summed E-state index contributed by atoms with van der Waals surface area (Å²) in [7, 11) is 2.14. The van der Waals surface area contributed by atoms with Gasteiger partial charge in [-0.05, 0) is 30.2 Å². The summed E-state index contributed by atoms with van der Waals surface area (Å²) in [5.41, 5.74) is 2.05. The zero-order chi connectivity index (χ0) is 14.3. The number of amides is 2. The quantitative estimate of drug-likeness (QED) is 0.504. The Morgan fingerprint density at radius 2 is 2.16 bits per heavy atom. The van der Waals surface area contributed by atoms with Crippen molar-refractivity contribution >= 4 is 27.5 Å². The molecule has 0 radical (unpaired) electrons. The zero-order valence-electron chi connectivity index (χ0n) is 10.6. The minimum Gasteiger partial charge on any atom is -0.392 e. The average molecular weight is 284 g/mol. The van der Waals surface area contributed by atoms with Gasteiger partial charge in [0.25, 0.3) is 0 Å². The number of aliphatic hydroxyl groups excluding tert-OH is 1. The molecule has 1 aromatic rings. The molecule has 2 unspecified atom stereocenters. The minimum absolute atomic E-state index is 0.129. The highest BCUT2D eigenvalue weighted by molar-refractivity contribution is 7.09. The molecular formula is C12H17N2O4P. The first kappa shape index (κ1) is 15.6. The van der Waals surface area contributed by atoms with Crippen molar-refractivity contribution in [1.82, 2.24) is 5.32 Å². The highest BCUT2D eigenvalue weighted by atomic mass is 31.0. The lowest BCUT2D eigenvalue weighted by Crippen LogP contribution is -2.37. The summed E-state index contributed by atoms with van der Waals surface area (Å²) in [5.74, 6) is -0.333. The van der Waals surface area contributed by atoms with E-state index in [9.17, 15) is 9.59 Å². The molecule has 0 aromatic heterocycles. The first-order valence-corrected chi connectivity index (χ1v) is 6.13. The molecule has 19 heavy (non-hydrogen) atoms. The van der Waals surface area contributed by atoms with Crippen LogP contribution in [0.1, 0.15) is 18.1 Å². The summed E-state index contributed by atoms with van der Waals surface area (Å²) in [4.78, 5) is 22.0. The summed E-state index contributed by atoms with van der Waals surface area (Å²) in [5, 5.41) is 14.2. The number of benzene rings is 1. The molecule has 0 heterocycles. The Hall–Kier alpha value is -1.49. The highest BCUT2D eigenvalue weighted by Crippen LogP contribution is 2.17. The van der Waals surface area contributed by atoms with E-state index in [2.05, 4.69) is 20.1 Å². The molecule has 0 bridgehead atoms. The molecule has 104 valence electrons. The first-order chi connectivity index (χ1) is 9.10. The lowest BCUT2D eigenvalue weighted by Gasteiger charge is -2.13. The number of carbonyl (C=O) groups excluding carboxylic acids is 2. The fraction of sp³-hybridized carbons (Fsp3) is 0.333. The van der Waals surface area contributed by atoms with Gasteiger partial charge < -0.3 is 20.3 Å². The second kappa shape index (κ2) is 7.84. The van der Waals surface area contributed by atoms with Gasteiger partial charge in [-0.25, -0.2) is 0 Å². The lowest BCUT2D eigenvalue weighted by atomic mass is 10.1. The number of rotatable bonds is 7. The topological polar surface area (TPSA) is 87.7 Å². The van der Waals surface area contributed by atoms with Crippen LogP contribution in [0.4, 0.5) is 5.69 Å². The molecule has 3 N–H and O–H groups in total. The molecule has 0 saturated heterocycles. The van der Waals surface area contributed by atoms with Crippen molar-refractivity contribution in [2.75, 3.05) is 5.32 Å². The number of hydrogen-bond donors (Lipinski definition) is 3. The van der Waals surface area contributed by atoms with Crippen LogP contribution in [-0.4, -0.2) is 23.5 Å². The largest absolute Gasteiger partial charge is 0.392 e. The van der Waals surface area contributed by atoms with Gasteiger partial charge in [-0.3, -0.25) is 9.59 Å². The van der Waals surface area contributed by atoms with Crippen LogP contribution in [0.25, 0.3) is 0 Å². The van der Waals surface area contributed by atoms with E-state index >= 15 is 0 Å². The van der Waals surface area contributed by atoms with Crippen molar-refractivity contribution < 1.29 is 19.2 Å². The van der Waals surface area contributed by atoms with Crippen LogP contribution < -0.4 is 10.6 Å². The van der Waals surface area contributed by atoms with Crippen molar-refractivity contribution in [2.24, 2.45) is 0 Å². The zero-order valence-corrected chi connectivity index (χ0v) is 11.7. The summed E-state index contributed by atoms with van der Waals surface area (Å²) < 4.78 is 4.94. The Kier molecular flexibility index (Phi) is 6.42. The molecule has 0 fully saturated rings. The second-order valence-corrected chi connectivity index (χ2v) is 4.34. The Labute approximate surface area is 113 Å². The second-order valence-electron chi connectivity index (χ2n) is 4.00. The average Bonchev–Trinajstić information content (AvgIpc) is 2.39. The standard InChI is InChI=1S/C12H17N2O4P/c1-8(13-7-16)12(17)14-11-3-9(5-15)2-10(4-11)6-18-19/h2-4,7-8,15H,5-6,19H2,1H3,(H,13,16)(H,14,17). The predicted octanol–water partition coefficient (Wildman–Crippen LogP) is 0.559. The maximum Gasteiger partial charge on any atom is 0.246 e. The third-order valence-electron chi connectivity index (χ3n) is 2.46. The molecule has 0 saturated carbocycles. The maximum absolute atomic E-state index is 11.7. The van der Waals surface area contributed by atoms with Gasteiger partial charge in [-0.1, -0.05) is 6.07 Å². The van der Waals surface area contributed by atoms with Gasteiger partial charge in [-0.2, -0.15) is 0 Å². The Morgan fingerprint density at radius 3 is 2.74 bits per heavy atom. The van der Waals surface area contributed by atoms with Gasteiger partial charge in [0.15, 0.2) is 0 Å². The van der Waals surface area contributed by atoms with Gasteiger partial charge in [0, 0.05) is 15.2 Å². The van der Waals surface area contributed by atoms with Crippen LogP contribution in [-0.2, 0) is 27.3 Å². The van der Waals surface area contributed by atoms with Crippen LogP contribution in [0, 0.1) is 0 Å². The van der Waals surface area contributed by atoms with E-state index < -0.39 is 6.04 Å². The van der Waals surface area contributed by atoms with Gasteiger partial charge in [0.2, 0.25) is 12.3 Å². The van der Waals surface area contributed by atoms with Crippen LogP contribution in [0.2, 0.25) is 0 Å². The normalized spacial score (nSPS) is 11.7. The van der Waals surface area contributed by atoms with Crippen LogP contribution in [0.3, 0.4) is 0 Å². The van der Waals surface area contributed by atoms with E-state index in [0.29, 0.717) is 24.3 Å². The Bertz CT molecular complexity index is 453. The summed E-state index contributed by atoms with van der Waals surface area (Å²) in [6, 6.07) is 4.57. The summed E-state index contributed by atoms with van der Waals surface area (Å²) in [6.07, 6.45) is 0.474. The Morgan fingerprint density at radius 1 is 1.47 bits per heavy atom. The minimum atomic E-state index is -0.628. The van der Waals surface area contributed by atoms with Crippen molar-refractivity contribution in [3.63, 3.8) is 0 Å². The number of hydrogen-bond acceptors (Lipinski definition) is 4. The molecule has 1 aromatic carbocycles. The molecule has 0 aliphatic rings. The Balaban J connectivity index is 2.84. The summed E-state index contributed by atoms with van der Waals surface area (Å²) in [6.45, 7) is 1.80. The van der Waals surface area contributed by atoms with Crippen molar-refractivity contribution in [1.29, 1.82) is 0 Å². The molecular weight excluding hydrogens is 267 g/mol. The van der Waals surface area contributed by atoms with Gasteiger partial charge in [0.05, 0.1) is 13.2 Å². The van der Waals surface area contributed by atoms with E-state index in [1.165, 1.54) is 0 Å². The molecule has 6 nitrogen and oxygen atoms in total. The number of carbonyl (C=O) groups is 2. The maximum atomic E-state index is 11.7. The fourth-order valence-corrected chi connectivity index (χ4v) is 1.73. The van der Waals surface area contributed by atoms with Crippen molar-refractivity contribution in [3.05, 3.63) is 29.3 Å². The SMILES string of the molecule is CC(NC=O)C(=O)Nc1cc(CO)cc(COP)c1. The molecule has 7 heteroatoms. The van der Waals surface area contributed by atoms with Crippen LogP contribution in [0.5, 0.6) is 0 Å². The molecule has 2 amide bonds. The van der Waals surface area contributed by atoms with Crippen molar-refractivity contribution in [2.45, 2.75) is 26.2 Å². The fourth-order valence-electron chi connectivity index (χ4n) is 1.53. The third kappa shape index (κ3) is 4.95. The van der Waals surface area contributed by atoms with E-state index in [-0.39, 0.29) is 12.5 Å². The molecule has 0 spiro atoms. The molecule has 0 aliphatic heterocycles. The predicted molar refractivity (Wildman–Crippen MR) is 74.2 cm³/mol. The van der Waals surface area contributed by atoms with Gasteiger partial charge in [0.1, 0.15) is 6.04 Å². The van der Waals surface area contributed by atoms with E-state index in [1.807, 2.05) is 0 Å². The summed E-state index contributed by atoms with van der Waals surface area (Å²) >= 11 is 0. The van der Waals surface area contributed by atoms with E-state index in [0.717, 1.165) is 5.56 Å². The number of anilines is 1. The molecule has 0 aliphatic carbocycles. The number of nitrogens with one attached hydrogen (secondary N) is 2. The molecule has 2 atom stereocenters. The highest BCUT2D eigenvalue weighted by Gasteiger charge is 2.12. The van der Waals surface area contributed by atoms with Crippen LogP contribution in [0.15, 0.2) is 18.2 Å². The molecule has 1 rings (SSSR count). The van der Waals surface area contributed by atoms with Gasteiger partial charge >= 0.3 is 0 Å². The lowest BCUT2D eigenvalue weighted by molar-refractivity contribution is -0.120. The smallest absolute Gasteiger partial charge is 0.246 e. The van der Waals surface area contributed by atoms with E-state index in [4.69, 9.17) is 9.63 Å². The monoisotopic (exact) mass is 284 g/mol. The number of aliphatic hydroxyl groups is 1. The van der Waals surface area contributed by atoms with Crippen LogP contribution >= 0.6 is 9.47 Å². The van der Waals surface area contributed by atoms with Crippen molar-refractivity contribution in [3.8, 4) is 0 Å². The van der Waals surface area contributed by atoms with E-state index in [1.54, 1.807) is 25.1 Å². The first-order valence-electron chi connectivity index (χ1n) is 5.66. The van der Waals surface area contributed by atoms with Gasteiger partial charge in [-0.15, -0.1) is 0 Å². The third-order valence-corrected chi connectivity index (χ3v) is 2.63.